The van der Waals surface area contributed by atoms with Crippen LogP contribution in [0, 0.1) is 0 Å². The Labute approximate surface area is 118 Å². The van der Waals surface area contributed by atoms with Crippen LogP contribution >= 0.6 is 0 Å². The highest BCUT2D eigenvalue weighted by Gasteiger charge is 2.22. The first-order valence-electron chi connectivity index (χ1n) is 7.36. The molecule has 1 aromatic heterocycles. The van der Waals surface area contributed by atoms with Crippen molar-refractivity contribution >= 4 is 11.9 Å². The van der Waals surface area contributed by atoms with Crippen molar-refractivity contribution in [3.05, 3.63) is 17.5 Å². The summed E-state index contributed by atoms with van der Waals surface area (Å²) in [6.07, 6.45) is 9.23. The van der Waals surface area contributed by atoms with E-state index in [0.29, 0.717) is 12.3 Å². The minimum Gasteiger partial charge on any atom is -0.406 e. The van der Waals surface area contributed by atoms with Crippen LogP contribution in [0.15, 0.2) is 16.1 Å². The summed E-state index contributed by atoms with van der Waals surface area (Å²) in [6, 6.07) is 0.337. The van der Waals surface area contributed by atoms with Gasteiger partial charge in [0.05, 0.1) is 6.04 Å². The Morgan fingerprint density at radius 1 is 1.40 bits per heavy atom. The fourth-order valence-corrected chi connectivity index (χ4v) is 2.76. The molecule has 1 amide bonds. The van der Waals surface area contributed by atoms with Gasteiger partial charge in [0, 0.05) is 6.42 Å². The summed E-state index contributed by atoms with van der Waals surface area (Å²) in [5.74, 6) is 0.488. The lowest BCUT2D eigenvalue weighted by Crippen LogP contribution is -2.13. The van der Waals surface area contributed by atoms with Crippen molar-refractivity contribution in [2.24, 2.45) is 0 Å². The maximum atomic E-state index is 11.9. The maximum Gasteiger partial charge on any atom is 0.322 e. The Morgan fingerprint density at radius 2 is 2.35 bits per heavy atom. The van der Waals surface area contributed by atoms with Gasteiger partial charge in [-0.15, -0.1) is 5.10 Å². The number of carbonyl (C=O) groups excluding carboxylic acids is 1. The molecule has 1 aliphatic carbocycles. The number of amides is 1. The van der Waals surface area contributed by atoms with Crippen LogP contribution in [0.4, 0.5) is 6.01 Å². The van der Waals surface area contributed by atoms with Crippen molar-refractivity contribution in [1.29, 1.82) is 0 Å². The Bertz CT molecular complexity index is 503. The number of rotatable bonds is 4. The fraction of sp³-hybridized carbons (Fsp3) is 0.643. The monoisotopic (exact) mass is 276 g/mol. The summed E-state index contributed by atoms with van der Waals surface area (Å²) in [5, 5.41) is 13.8. The number of hydrogen-bond donors (Lipinski definition) is 2. The van der Waals surface area contributed by atoms with Crippen LogP contribution in [0.3, 0.4) is 0 Å². The molecule has 2 N–H and O–H groups in total. The molecule has 0 spiro atoms. The quantitative estimate of drug-likeness (QED) is 0.825. The largest absolute Gasteiger partial charge is 0.406 e. The van der Waals surface area contributed by atoms with Crippen molar-refractivity contribution in [1.82, 2.24) is 15.5 Å². The molecule has 0 bridgehead atoms. The number of allylic oxidation sites excluding steroid dienone is 1. The van der Waals surface area contributed by atoms with Crippen molar-refractivity contribution in [2.45, 2.75) is 51.0 Å². The van der Waals surface area contributed by atoms with Gasteiger partial charge in [-0.1, -0.05) is 16.7 Å². The van der Waals surface area contributed by atoms with Crippen LogP contribution in [0.25, 0.3) is 0 Å². The molecule has 3 rings (SSSR count). The van der Waals surface area contributed by atoms with E-state index in [0.717, 1.165) is 32.2 Å². The lowest BCUT2D eigenvalue weighted by Gasteiger charge is -2.11. The van der Waals surface area contributed by atoms with Gasteiger partial charge in [-0.2, -0.15) is 0 Å². The van der Waals surface area contributed by atoms with E-state index >= 15 is 0 Å². The highest BCUT2D eigenvalue weighted by molar-refractivity contribution is 5.90. The number of nitrogens with one attached hydrogen (secondary N) is 2. The minimum atomic E-state index is -0.0762. The third-order valence-corrected chi connectivity index (χ3v) is 3.82. The van der Waals surface area contributed by atoms with Gasteiger partial charge in [-0.05, 0) is 45.1 Å². The zero-order valence-electron chi connectivity index (χ0n) is 11.5. The van der Waals surface area contributed by atoms with Crippen LogP contribution in [-0.2, 0) is 4.79 Å². The van der Waals surface area contributed by atoms with Gasteiger partial charge in [0.25, 0.3) is 0 Å². The van der Waals surface area contributed by atoms with Crippen LogP contribution < -0.4 is 10.6 Å². The van der Waals surface area contributed by atoms with Crippen LogP contribution in [-0.4, -0.2) is 22.6 Å². The van der Waals surface area contributed by atoms with E-state index in [4.69, 9.17) is 4.42 Å². The SMILES string of the molecule is O=C(CC1=CCCCC1)Nc1nnc(C2CCCN2)o1. The van der Waals surface area contributed by atoms with Crippen molar-refractivity contribution in [3.8, 4) is 0 Å². The van der Waals surface area contributed by atoms with E-state index in [1.807, 2.05) is 0 Å². The van der Waals surface area contributed by atoms with E-state index in [2.05, 4.69) is 26.9 Å². The van der Waals surface area contributed by atoms with Crippen LogP contribution in [0.2, 0.25) is 0 Å². The van der Waals surface area contributed by atoms with E-state index in [-0.39, 0.29) is 18.0 Å². The van der Waals surface area contributed by atoms with Gasteiger partial charge in [0.1, 0.15) is 0 Å². The van der Waals surface area contributed by atoms with E-state index < -0.39 is 0 Å². The molecule has 1 aromatic rings. The molecule has 0 radical (unpaired) electrons. The highest BCUT2D eigenvalue weighted by atomic mass is 16.4. The lowest BCUT2D eigenvalue weighted by molar-refractivity contribution is -0.115. The molecule has 20 heavy (non-hydrogen) atoms. The Kier molecular flexibility index (Phi) is 4.11. The van der Waals surface area contributed by atoms with Gasteiger partial charge in [0.2, 0.25) is 11.8 Å². The molecule has 108 valence electrons. The molecule has 1 atom stereocenters. The van der Waals surface area contributed by atoms with Crippen molar-refractivity contribution in [2.75, 3.05) is 11.9 Å². The fourth-order valence-electron chi connectivity index (χ4n) is 2.76. The standard InChI is InChI=1S/C14H20N4O2/c19-12(9-10-5-2-1-3-6-10)16-14-18-17-13(20-14)11-7-4-8-15-11/h5,11,15H,1-4,6-9H2,(H,16,18,19). The third kappa shape index (κ3) is 3.25. The Balaban J connectivity index is 1.54. The molecule has 6 heteroatoms. The number of hydrogen-bond acceptors (Lipinski definition) is 5. The molecule has 6 nitrogen and oxygen atoms in total. The van der Waals surface area contributed by atoms with Gasteiger partial charge in [-0.3, -0.25) is 10.1 Å². The Morgan fingerprint density at radius 3 is 3.10 bits per heavy atom. The topological polar surface area (TPSA) is 80.0 Å². The third-order valence-electron chi connectivity index (χ3n) is 3.82. The first kappa shape index (κ1) is 13.3. The summed E-state index contributed by atoms with van der Waals surface area (Å²) in [6.45, 7) is 0.975. The zero-order valence-corrected chi connectivity index (χ0v) is 11.5. The predicted molar refractivity (Wildman–Crippen MR) is 74.1 cm³/mol. The smallest absolute Gasteiger partial charge is 0.322 e. The van der Waals surface area contributed by atoms with Crippen molar-refractivity contribution in [3.63, 3.8) is 0 Å². The number of carbonyl (C=O) groups is 1. The highest BCUT2D eigenvalue weighted by Crippen LogP contribution is 2.23. The summed E-state index contributed by atoms with van der Waals surface area (Å²) in [5.41, 5.74) is 1.21. The minimum absolute atomic E-state index is 0.0762. The molecular weight excluding hydrogens is 256 g/mol. The average molecular weight is 276 g/mol. The molecule has 1 unspecified atom stereocenters. The first-order chi connectivity index (χ1) is 9.81. The molecule has 1 saturated heterocycles. The normalized spacial score (nSPS) is 22.6. The van der Waals surface area contributed by atoms with E-state index in [1.165, 1.54) is 18.4 Å². The second-order valence-electron chi connectivity index (χ2n) is 5.43. The Hall–Kier alpha value is -1.69. The maximum absolute atomic E-state index is 11.9. The van der Waals surface area contributed by atoms with E-state index in [9.17, 15) is 4.79 Å². The van der Waals surface area contributed by atoms with Crippen LogP contribution in [0.5, 0.6) is 0 Å². The summed E-state index contributed by atoms with van der Waals surface area (Å²) < 4.78 is 5.49. The van der Waals surface area contributed by atoms with Gasteiger partial charge in [-0.25, -0.2) is 0 Å². The van der Waals surface area contributed by atoms with Gasteiger partial charge < -0.3 is 9.73 Å². The summed E-state index contributed by atoms with van der Waals surface area (Å²) in [4.78, 5) is 11.9. The number of anilines is 1. The summed E-state index contributed by atoms with van der Waals surface area (Å²) in [7, 11) is 0. The van der Waals surface area contributed by atoms with Gasteiger partial charge in [0.15, 0.2) is 0 Å². The second kappa shape index (κ2) is 6.17. The molecule has 1 fully saturated rings. The van der Waals surface area contributed by atoms with Crippen molar-refractivity contribution < 1.29 is 9.21 Å². The zero-order chi connectivity index (χ0) is 13.8. The average Bonchev–Trinajstić information content (AvgIpc) is 3.10. The lowest BCUT2D eigenvalue weighted by atomic mass is 9.97. The molecule has 0 saturated carbocycles. The molecular formula is C14H20N4O2. The molecule has 2 aliphatic rings. The summed E-state index contributed by atoms with van der Waals surface area (Å²) >= 11 is 0. The van der Waals surface area contributed by atoms with Gasteiger partial charge >= 0.3 is 6.01 Å². The van der Waals surface area contributed by atoms with Crippen LogP contribution in [0.1, 0.15) is 56.9 Å². The number of aromatic nitrogens is 2. The van der Waals surface area contributed by atoms with E-state index in [1.54, 1.807) is 0 Å². The molecule has 0 aromatic carbocycles. The molecule has 2 heterocycles. The predicted octanol–water partition coefficient (Wildman–Crippen LogP) is 2.32. The first-order valence-corrected chi connectivity index (χ1v) is 7.36. The molecule has 1 aliphatic heterocycles. The number of nitrogens with zero attached hydrogens (tertiary/aromatic N) is 2. The second-order valence-corrected chi connectivity index (χ2v) is 5.43.